The van der Waals surface area contributed by atoms with E-state index < -0.39 is 0 Å². The normalized spacial score (nSPS) is 10.7. The van der Waals surface area contributed by atoms with E-state index in [2.05, 4.69) is 15.4 Å². The Morgan fingerprint density at radius 3 is 2.68 bits per heavy atom. The van der Waals surface area contributed by atoms with Crippen molar-refractivity contribution in [1.29, 1.82) is 0 Å². The van der Waals surface area contributed by atoms with Gasteiger partial charge in [0.15, 0.2) is 0 Å². The van der Waals surface area contributed by atoms with Crippen LogP contribution in [-0.4, -0.2) is 20.7 Å². The summed E-state index contributed by atoms with van der Waals surface area (Å²) in [6.07, 6.45) is 0. The molecule has 0 unspecified atom stereocenters. The van der Waals surface area contributed by atoms with E-state index in [9.17, 15) is 4.79 Å². The number of nitrogens with one attached hydrogen (secondary N) is 1. The van der Waals surface area contributed by atoms with Gasteiger partial charge in [0.05, 0.1) is 22.6 Å². The minimum atomic E-state index is -0.176. The van der Waals surface area contributed by atoms with Crippen molar-refractivity contribution in [2.75, 3.05) is 5.32 Å². The van der Waals surface area contributed by atoms with Crippen LogP contribution < -0.4 is 5.32 Å². The summed E-state index contributed by atoms with van der Waals surface area (Å²) in [7, 11) is 1.80. The standard InChI is InChI=1S/C16H16N4OS/c1-10-8-15(20(3)19-10)18-16(21)13-4-5-14(17-11(13)2)12-6-7-22-9-12/h4-9H,1-3H3,(H,18,21). The number of carbonyl (C=O) groups excluding carboxylic acids is 1. The average Bonchev–Trinajstić information content (AvgIpc) is 3.09. The lowest BCUT2D eigenvalue weighted by Gasteiger charge is -2.08. The zero-order valence-electron chi connectivity index (χ0n) is 12.6. The van der Waals surface area contributed by atoms with E-state index in [0.717, 1.165) is 17.0 Å². The van der Waals surface area contributed by atoms with E-state index in [1.54, 1.807) is 23.1 Å². The highest BCUT2D eigenvalue weighted by molar-refractivity contribution is 7.08. The number of carbonyl (C=O) groups is 1. The van der Waals surface area contributed by atoms with Gasteiger partial charge < -0.3 is 5.32 Å². The highest BCUT2D eigenvalue weighted by Crippen LogP contribution is 2.22. The van der Waals surface area contributed by atoms with Crippen LogP contribution in [-0.2, 0) is 7.05 Å². The number of thiophene rings is 1. The molecule has 22 heavy (non-hydrogen) atoms. The molecule has 6 heteroatoms. The monoisotopic (exact) mass is 312 g/mol. The second kappa shape index (κ2) is 5.73. The van der Waals surface area contributed by atoms with Gasteiger partial charge in [-0.2, -0.15) is 16.4 Å². The first-order chi connectivity index (χ1) is 10.5. The predicted octanol–water partition coefficient (Wildman–Crippen LogP) is 3.41. The summed E-state index contributed by atoms with van der Waals surface area (Å²) in [6, 6.07) is 7.54. The topological polar surface area (TPSA) is 59.8 Å². The fourth-order valence-electron chi connectivity index (χ4n) is 2.28. The van der Waals surface area contributed by atoms with Crippen LogP contribution in [0, 0.1) is 13.8 Å². The van der Waals surface area contributed by atoms with Crippen LogP contribution in [0.2, 0.25) is 0 Å². The van der Waals surface area contributed by atoms with Crippen LogP contribution in [0.4, 0.5) is 5.82 Å². The van der Waals surface area contributed by atoms with Crippen molar-refractivity contribution in [1.82, 2.24) is 14.8 Å². The Kier molecular flexibility index (Phi) is 3.77. The molecule has 3 heterocycles. The third-order valence-corrected chi connectivity index (χ3v) is 4.07. The number of nitrogens with zero attached hydrogens (tertiary/aromatic N) is 3. The number of anilines is 1. The molecule has 0 fully saturated rings. The van der Waals surface area contributed by atoms with Crippen molar-refractivity contribution in [2.24, 2.45) is 7.05 Å². The Balaban J connectivity index is 1.85. The number of aromatic nitrogens is 3. The van der Waals surface area contributed by atoms with Gasteiger partial charge in [-0.3, -0.25) is 14.5 Å². The second-order valence-electron chi connectivity index (χ2n) is 5.09. The SMILES string of the molecule is Cc1cc(NC(=O)c2ccc(-c3ccsc3)nc2C)n(C)n1. The maximum absolute atomic E-state index is 12.4. The lowest BCUT2D eigenvalue weighted by atomic mass is 10.1. The zero-order chi connectivity index (χ0) is 15.7. The zero-order valence-corrected chi connectivity index (χ0v) is 13.4. The van der Waals surface area contributed by atoms with E-state index in [1.807, 2.05) is 48.9 Å². The number of amides is 1. The molecule has 3 rings (SSSR count). The molecule has 5 nitrogen and oxygen atoms in total. The molecule has 112 valence electrons. The third kappa shape index (κ3) is 2.78. The number of aryl methyl sites for hydroxylation is 3. The van der Waals surface area contributed by atoms with Crippen molar-refractivity contribution < 1.29 is 4.79 Å². The molecule has 1 amide bonds. The van der Waals surface area contributed by atoms with Gasteiger partial charge in [0.2, 0.25) is 0 Å². The van der Waals surface area contributed by atoms with E-state index in [-0.39, 0.29) is 5.91 Å². The molecule has 3 aromatic rings. The summed E-state index contributed by atoms with van der Waals surface area (Å²) in [4.78, 5) is 16.9. The number of pyridine rings is 1. The Morgan fingerprint density at radius 2 is 2.09 bits per heavy atom. The van der Waals surface area contributed by atoms with Crippen LogP contribution in [0.25, 0.3) is 11.3 Å². The van der Waals surface area contributed by atoms with Crippen molar-refractivity contribution in [3.05, 3.63) is 52.0 Å². The van der Waals surface area contributed by atoms with Crippen molar-refractivity contribution in [2.45, 2.75) is 13.8 Å². The van der Waals surface area contributed by atoms with Gasteiger partial charge >= 0.3 is 0 Å². The first-order valence-corrected chi connectivity index (χ1v) is 7.81. The Hall–Kier alpha value is -2.47. The van der Waals surface area contributed by atoms with Gasteiger partial charge in [0.25, 0.3) is 5.91 Å². The first kappa shape index (κ1) is 14.5. The quantitative estimate of drug-likeness (QED) is 0.806. The average molecular weight is 312 g/mol. The maximum atomic E-state index is 12.4. The Labute approximate surface area is 132 Å². The van der Waals surface area contributed by atoms with Crippen LogP contribution in [0.3, 0.4) is 0 Å². The fraction of sp³-hybridized carbons (Fsp3) is 0.188. The van der Waals surface area contributed by atoms with Crippen molar-refractivity contribution >= 4 is 23.1 Å². The smallest absolute Gasteiger partial charge is 0.258 e. The number of hydrogen-bond donors (Lipinski definition) is 1. The summed E-state index contributed by atoms with van der Waals surface area (Å²) in [5.41, 5.74) is 4.09. The summed E-state index contributed by atoms with van der Waals surface area (Å²) >= 11 is 1.63. The molecule has 1 N–H and O–H groups in total. The van der Waals surface area contributed by atoms with Gasteiger partial charge in [0.1, 0.15) is 5.82 Å². The van der Waals surface area contributed by atoms with Crippen LogP contribution >= 0.6 is 11.3 Å². The first-order valence-electron chi connectivity index (χ1n) is 6.87. The molecule has 0 atom stereocenters. The van der Waals surface area contributed by atoms with Crippen LogP contribution in [0.5, 0.6) is 0 Å². The van der Waals surface area contributed by atoms with E-state index in [1.165, 1.54) is 0 Å². The van der Waals surface area contributed by atoms with Gasteiger partial charge in [0, 0.05) is 24.1 Å². The highest BCUT2D eigenvalue weighted by atomic mass is 32.1. The summed E-state index contributed by atoms with van der Waals surface area (Å²) in [5, 5.41) is 11.1. The molecular weight excluding hydrogens is 296 g/mol. The highest BCUT2D eigenvalue weighted by Gasteiger charge is 2.13. The lowest BCUT2D eigenvalue weighted by molar-refractivity contribution is 0.102. The maximum Gasteiger partial charge on any atom is 0.258 e. The third-order valence-electron chi connectivity index (χ3n) is 3.39. The molecule has 0 saturated heterocycles. The number of hydrogen-bond acceptors (Lipinski definition) is 4. The van der Waals surface area contributed by atoms with Gasteiger partial charge in [-0.05, 0) is 37.4 Å². The second-order valence-corrected chi connectivity index (χ2v) is 5.87. The molecule has 0 bridgehead atoms. The van der Waals surface area contributed by atoms with E-state index >= 15 is 0 Å². The molecular formula is C16H16N4OS. The molecule has 0 radical (unpaired) electrons. The summed E-state index contributed by atoms with van der Waals surface area (Å²) in [5.74, 6) is 0.494. The van der Waals surface area contributed by atoms with Gasteiger partial charge in [-0.15, -0.1) is 0 Å². The fourth-order valence-corrected chi connectivity index (χ4v) is 2.93. The predicted molar refractivity (Wildman–Crippen MR) is 88.2 cm³/mol. The Morgan fingerprint density at radius 1 is 1.27 bits per heavy atom. The minimum Gasteiger partial charge on any atom is -0.307 e. The van der Waals surface area contributed by atoms with Crippen molar-refractivity contribution in [3.63, 3.8) is 0 Å². The van der Waals surface area contributed by atoms with E-state index in [4.69, 9.17) is 0 Å². The molecule has 0 aromatic carbocycles. The van der Waals surface area contributed by atoms with Crippen molar-refractivity contribution in [3.8, 4) is 11.3 Å². The van der Waals surface area contributed by atoms with Gasteiger partial charge in [-0.1, -0.05) is 0 Å². The molecule has 0 spiro atoms. The summed E-state index contributed by atoms with van der Waals surface area (Å²) < 4.78 is 1.65. The van der Waals surface area contributed by atoms with E-state index in [0.29, 0.717) is 17.1 Å². The minimum absolute atomic E-state index is 0.176. The molecule has 0 saturated carbocycles. The molecule has 0 aliphatic carbocycles. The van der Waals surface area contributed by atoms with Crippen LogP contribution in [0.1, 0.15) is 21.7 Å². The molecule has 0 aliphatic heterocycles. The van der Waals surface area contributed by atoms with Gasteiger partial charge in [-0.25, -0.2) is 0 Å². The Bertz CT molecular complexity index is 821. The largest absolute Gasteiger partial charge is 0.307 e. The van der Waals surface area contributed by atoms with Crippen LogP contribution in [0.15, 0.2) is 35.0 Å². The molecule has 0 aliphatic rings. The lowest BCUT2D eigenvalue weighted by Crippen LogP contribution is -2.16. The number of rotatable bonds is 3. The summed E-state index contributed by atoms with van der Waals surface area (Å²) in [6.45, 7) is 3.73. The molecule has 3 aromatic heterocycles.